The predicted octanol–water partition coefficient (Wildman–Crippen LogP) is 4.12. The molecule has 2 aromatic carbocycles. The van der Waals surface area contributed by atoms with E-state index in [1.165, 1.54) is 14.2 Å². The van der Waals surface area contributed by atoms with Crippen LogP contribution in [-0.4, -0.2) is 51.7 Å². The number of hydrogen-bond acceptors (Lipinski definition) is 5. The van der Waals surface area contributed by atoms with Gasteiger partial charge in [0.2, 0.25) is 0 Å². The van der Waals surface area contributed by atoms with Crippen LogP contribution in [0.5, 0.6) is 11.5 Å². The lowest BCUT2D eigenvalue weighted by Crippen LogP contribution is -2.43. The van der Waals surface area contributed by atoms with Gasteiger partial charge in [0.15, 0.2) is 0 Å². The minimum absolute atomic E-state index is 0.0649. The van der Waals surface area contributed by atoms with Crippen LogP contribution in [0.25, 0.3) is 27.8 Å². The molecule has 2 aromatic heterocycles. The van der Waals surface area contributed by atoms with Crippen molar-refractivity contribution in [3.05, 3.63) is 54.6 Å². The van der Waals surface area contributed by atoms with Crippen molar-refractivity contribution in [3.63, 3.8) is 0 Å². The molecule has 1 atom stereocenters. The van der Waals surface area contributed by atoms with Crippen molar-refractivity contribution in [2.75, 3.05) is 14.2 Å². The van der Waals surface area contributed by atoms with Crippen molar-refractivity contribution < 1.29 is 27.4 Å². The number of rotatable bonds is 6. The van der Waals surface area contributed by atoms with E-state index < -0.39 is 18.1 Å². The second-order valence-corrected chi connectivity index (χ2v) is 7.68. The van der Waals surface area contributed by atoms with E-state index >= 15 is 0 Å². The van der Waals surface area contributed by atoms with Gasteiger partial charge < -0.3 is 14.8 Å². The summed E-state index contributed by atoms with van der Waals surface area (Å²) >= 11 is 0. The lowest BCUT2D eigenvalue weighted by molar-refractivity contribution is -0.149. The Labute approximate surface area is 192 Å². The van der Waals surface area contributed by atoms with Crippen LogP contribution in [0.1, 0.15) is 17.3 Å². The maximum atomic E-state index is 12.9. The molecule has 0 saturated carbocycles. The molecule has 0 radical (unpaired) electrons. The average molecular weight is 473 g/mol. The first-order chi connectivity index (χ1) is 16.1. The van der Waals surface area contributed by atoms with E-state index in [0.29, 0.717) is 5.69 Å². The van der Waals surface area contributed by atoms with Crippen LogP contribution in [0.4, 0.5) is 13.2 Å². The number of amides is 1. The number of aryl methyl sites for hydroxylation is 1. The Hall–Kier alpha value is -4.02. The van der Waals surface area contributed by atoms with Gasteiger partial charge in [0.05, 0.1) is 37.1 Å². The number of halogens is 3. The molecule has 11 heteroatoms. The molecule has 0 aliphatic heterocycles. The fourth-order valence-corrected chi connectivity index (χ4v) is 3.58. The molecular formula is C23H22F3N5O3. The van der Waals surface area contributed by atoms with Gasteiger partial charge in [-0.2, -0.15) is 18.3 Å². The van der Waals surface area contributed by atoms with Crippen LogP contribution in [0.3, 0.4) is 0 Å². The van der Waals surface area contributed by atoms with Crippen molar-refractivity contribution in [2.45, 2.75) is 19.1 Å². The highest BCUT2D eigenvalue weighted by Crippen LogP contribution is 2.34. The quantitative estimate of drug-likeness (QED) is 0.456. The summed E-state index contributed by atoms with van der Waals surface area (Å²) in [6.45, 7) is 0.864. The zero-order valence-corrected chi connectivity index (χ0v) is 18.8. The number of nitrogens with one attached hydrogen (secondary N) is 1. The van der Waals surface area contributed by atoms with Gasteiger partial charge in [0.1, 0.15) is 29.4 Å². The number of fused-ring (bicyclic) bond motifs is 1. The summed E-state index contributed by atoms with van der Waals surface area (Å²) in [7, 11) is 4.49. The van der Waals surface area contributed by atoms with Gasteiger partial charge >= 0.3 is 6.18 Å². The zero-order chi connectivity index (χ0) is 24.6. The highest BCUT2D eigenvalue weighted by atomic mass is 19.4. The number of aromatic nitrogens is 4. The first-order valence-electron chi connectivity index (χ1n) is 10.2. The Morgan fingerprint density at radius 3 is 2.32 bits per heavy atom. The van der Waals surface area contributed by atoms with Crippen LogP contribution < -0.4 is 14.8 Å². The van der Waals surface area contributed by atoms with E-state index in [2.05, 4.69) is 10.1 Å². The van der Waals surface area contributed by atoms with Gasteiger partial charge in [-0.05, 0) is 24.6 Å². The van der Waals surface area contributed by atoms with Crippen LogP contribution in [0.15, 0.2) is 49.1 Å². The Morgan fingerprint density at radius 1 is 1.09 bits per heavy atom. The van der Waals surface area contributed by atoms with Gasteiger partial charge in [-0.3, -0.25) is 14.0 Å². The average Bonchev–Trinajstić information content (AvgIpc) is 3.43. The predicted molar refractivity (Wildman–Crippen MR) is 119 cm³/mol. The lowest BCUT2D eigenvalue weighted by Gasteiger charge is -2.20. The van der Waals surface area contributed by atoms with Crippen LogP contribution in [0.2, 0.25) is 0 Å². The molecule has 4 rings (SSSR count). The SMILES string of the molecule is COc1cc(-n2cnc3cc(-c4cnn(C)c4)ccc32)cc(OC)c1C(=O)N[C@@H](C)C(F)(F)F. The molecule has 0 fully saturated rings. The summed E-state index contributed by atoms with van der Waals surface area (Å²) < 4.78 is 53.0. The summed E-state index contributed by atoms with van der Waals surface area (Å²) in [6.07, 6.45) is 0.687. The number of carbonyl (C=O) groups is 1. The molecule has 0 bridgehead atoms. The van der Waals surface area contributed by atoms with Crippen molar-refractivity contribution in [3.8, 4) is 28.3 Å². The Bertz CT molecular complexity index is 1330. The fraction of sp³-hybridized carbons (Fsp3) is 0.261. The molecular weight excluding hydrogens is 451 g/mol. The molecule has 1 amide bonds. The molecule has 0 aliphatic carbocycles. The largest absolute Gasteiger partial charge is 0.496 e. The number of hydrogen-bond donors (Lipinski definition) is 1. The second kappa shape index (κ2) is 8.73. The third-order valence-corrected chi connectivity index (χ3v) is 5.42. The van der Waals surface area contributed by atoms with E-state index in [1.54, 1.807) is 33.9 Å². The van der Waals surface area contributed by atoms with Gasteiger partial charge in [0, 0.05) is 30.9 Å². The molecule has 1 N–H and O–H groups in total. The van der Waals surface area contributed by atoms with E-state index in [0.717, 1.165) is 29.1 Å². The Balaban J connectivity index is 1.74. The minimum Gasteiger partial charge on any atom is -0.496 e. The smallest absolute Gasteiger partial charge is 0.408 e. The summed E-state index contributed by atoms with van der Waals surface area (Å²) in [4.78, 5) is 17.1. The number of carbonyl (C=O) groups excluding carboxylic acids is 1. The summed E-state index contributed by atoms with van der Waals surface area (Å²) in [5.74, 6) is -0.827. The maximum Gasteiger partial charge on any atom is 0.408 e. The molecule has 2 heterocycles. The third-order valence-electron chi connectivity index (χ3n) is 5.42. The zero-order valence-electron chi connectivity index (χ0n) is 18.8. The number of alkyl halides is 3. The van der Waals surface area contributed by atoms with Crippen LogP contribution in [0, 0.1) is 0 Å². The molecule has 4 aromatic rings. The number of ether oxygens (including phenoxy) is 2. The molecule has 34 heavy (non-hydrogen) atoms. The van der Waals surface area contributed by atoms with Crippen molar-refractivity contribution in [1.29, 1.82) is 0 Å². The number of nitrogens with zero attached hydrogens (tertiary/aromatic N) is 4. The van der Waals surface area contributed by atoms with E-state index in [4.69, 9.17) is 9.47 Å². The number of imidazole rings is 1. The number of benzene rings is 2. The third kappa shape index (κ3) is 4.28. The Morgan fingerprint density at radius 2 is 1.76 bits per heavy atom. The topological polar surface area (TPSA) is 83.2 Å². The molecule has 0 aliphatic rings. The first-order valence-corrected chi connectivity index (χ1v) is 10.2. The normalized spacial score (nSPS) is 12.6. The summed E-state index contributed by atoms with van der Waals surface area (Å²) in [6, 6.07) is 6.82. The molecule has 178 valence electrons. The van der Waals surface area contributed by atoms with Crippen molar-refractivity contribution in [2.24, 2.45) is 7.05 Å². The first kappa shape index (κ1) is 23.1. The monoisotopic (exact) mass is 473 g/mol. The standard InChI is InChI=1S/C23H22F3N5O3/c1-13(23(24,25)26)29-22(32)21-19(33-3)8-16(9-20(21)34-4)31-12-27-17-7-14(5-6-18(17)31)15-10-28-30(2)11-15/h5-13H,1-4H3,(H,29,32)/t13-/m0/s1. The van der Waals surface area contributed by atoms with Crippen molar-refractivity contribution >= 4 is 16.9 Å². The van der Waals surface area contributed by atoms with Crippen molar-refractivity contribution in [1.82, 2.24) is 24.6 Å². The van der Waals surface area contributed by atoms with Gasteiger partial charge in [0.25, 0.3) is 5.91 Å². The Kier molecular flexibility index (Phi) is 5.94. The maximum absolute atomic E-state index is 12.9. The summed E-state index contributed by atoms with van der Waals surface area (Å²) in [5, 5.41) is 6.13. The highest BCUT2D eigenvalue weighted by molar-refractivity contribution is 6.00. The fourth-order valence-electron chi connectivity index (χ4n) is 3.58. The van der Waals surface area contributed by atoms with Gasteiger partial charge in [-0.15, -0.1) is 0 Å². The van der Waals surface area contributed by atoms with Gasteiger partial charge in [-0.25, -0.2) is 4.98 Å². The lowest BCUT2D eigenvalue weighted by atomic mass is 10.1. The van der Waals surface area contributed by atoms with E-state index in [-0.39, 0.29) is 17.1 Å². The van der Waals surface area contributed by atoms with E-state index in [1.807, 2.05) is 36.8 Å². The molecule has 0 saturated heterocycles. The van der Waals surface area contributed by atoms with Crippen LogP contribution in [-0.2, 0) is 7.05 Å². The second-order valence-electron chi connectivity index (χ2n) is 7.68. The highest BCUT2D eigenvalue weighted by Gasteiger charge is 2.38. The summed E-state index contributed by atoms with van der Waals surface area (Å²) in [5.41, 5.74) is 3.83. The minimum atomic E-state index is -4.58. The molecule has 0 spiro atoms. The van der Waals surface area contributed by atoms with Gasteiger partial charge in [-0.1, -0.05) is 6.07 Å². The van der Waals surface area contributed by atoms with Crippen LogP contribution >= 0.6 is 0 Å². The molecule has 8 nitrogen and oxygen atoms in total. The van der Waals surface area contributed by atoms with E-state index in [9.17, 15) is 18.0 Å². The molecule has 0 unspecified atom stereocenters. The number of methoxy groups -OCH3 is 2.